The van der Waals surface area contributed by atoms with Crippen LogP contribution in [0.4, 0.5) is 11.4 Å². The quantitative estimate of drug-likeness (QED) is 0.365. The molecule has 6 heteroatoms. The molecular formula is C32H36N4O2. The number of hydrogen-bond acceptors (Lipinski definition) is 5. The molecule has 1 amide bonds. The number of anilines is 2. The van der Waals surface area contributed by atoms with Gasteiger partial charge in [-0.3, -0.25) is 9.69 Å². The van der Waals surface area contributed by atoms with Crippen LogP contribution in [0.25, 0.3) is 0 Å². The lowest BCUT2D eigenvalue weighted by molar-refractivity contribution is 0.0642. The third-order valence-electron chi connectivity index (χ3n) is 7.57. The minimum atomic E-state index is -0.805. The van der Waals surface area contributed by atoms with E-state index in [-0.39, 0.29) is 5.91 Å². The van der Waals surface area contributed by atoms with Gasteiger partial charge in [-0.1, -0.05) is 42.5 Å². The molecular weight excluding hydrogens is 472 g/mol. The Morgan fingerprint density at radius 2 is 1.37 bits per heavy atom. The van der Waals surface area contributed by atoms with Crippen molar-refractivity contribution in [1.29, 1.82) is 0 Å². The van der Waals surface area contributed by atoms with E-state index < -0.39 is 5.54 Å². The fourth-order valence-electron chi connectivity index (χ4n) is 5.75. The number of carbonyl (C=O) groups is 1. The predicted octanol–water partition coefficient (Wildman–Crippen LogP) is 5.35. The van der Waals surface area contributed by atoms with Crippen LogP contribution in [0.3, 0.4) is 0 Å². The van der Waals surface area contributed by atoms with Crippen molar-refractivity contribution >= 4 is 17.3 Å². The molecule has 0 aliphatic carbocycles. The Bertz CT molecular complexity index is 1330. The highest BCUT2D eigenvalue weighted by Gasteiger charge is 2.56. The van der Waals surface area contributed by atoms with Gasteiger partial charge in [-0.2, -0.15) is 0 Å². The van der Waals surface area contributed by atoms with E-state index in [0.717, 1.165) is 58.2 Å². The molecule has 1 spiro atoms. The van der Waals surface area contributed by atoms with Crippen molar-refractivity contribution in [2.24, 2.45) is 0 Å². The van der Waals surface area contributed by atoms with Crippen molar-refractivity contribution in [3.63, 3.8) is 0 Å². The highest BCUT2D eigenvalue weighted by atomic mass is 16.5. The molecule has 5 rings (SSSR count). The molecule has 2 aliphatic rings. The van der Waals surface area contributed by atoms with Crippen molar-refractivity contribution in [3.8, 4) is 11.5 Å². The summed E-state index contributed by atoms with van der Waals surface area (Å²) >= 11 is 0. The fourth-order valence-corrected chi connectivity index (χ4v) is 5.75. The normalized spacial score (nSPS) is 14.6. The van der Waals surface area contributed by atoms with E-state index >= 15 is 0 Å². The lowest BCUT2D eigenvalue weighted by Crippen LogP contribution is -2.50. The van der Waals surface area contributed by atoms with Gasteiger partial charge in [-0.15, -0.1) is 13.2 Å². The van der Waals surface area contributed by atoms with E-state index in [1.54, 1.807) is 0 Å². The van der Waals surface area contributed by atoms with E-state index in [1.165, 1.54) is 0 Å². The number of amides is 1. The van der Waals surface area contributed by atoms with Gasteiger partial charge in [0.2, 0.25) is 0 Å². The number of carbonyl (C=O) groups excluding carboxylic acids is 1. The average Bonchev–Trinajstić information content (AvgIpc) is 3.15. The van der Waals surface area contributed by atoms with Crippen LogP contribution in [-0.2, 0) is 5.54 Å². The first-order chi connectivity index (χ1) is 18.3. The summed E-state index contributed by atoms with van der Waals surface area (Å²) < 4.78 is 6.62. The fraction of sp³-hybridized carbons (Fsp3) is 0.281. The summed E-state index contributed by atoms with van der Waals surface area (Å²) in [6, 6.07) is 20.6. The summed E-state index contributed by atoms with van der Waals surface area (Å²) in [6.45, 7) is 10.5. The largest absolute Gasteiger partial charge is 0.456 e. The number of nitrogens with zero attached hydrogens (tertiary/aromatic N) is 4. The van der Waals surface area contributed by atoms with Crippen LogP contribution < -0.4 is 14.5 Å². The molecule has 0 radical (unpaired) electrons. The molecule has 0 saturated carbocycles. The molecule has 0 unspecified atom stereocenters. The first kappa shape index (κ1) is 25.6. The number of fused-ring (bicyclic) bond motifs is 6. The van der Waals surface area contributed by atoms with Gasteiger partial charge in [-0.25, -0.2) is 0 Å². The second kappa shape index (κ2) is 10.0. The Labute approximate surface area is 226 Å². The van der Waals surface area contributed by atoms with Crippen LogP contribution in [0.15, 0.2) is 86.0 Å². The van der Waals surface area contributed by atoms with Crippen LogP contribution >= 0.6 is 0 Å². The maximum absolute atomic E-state index is 14.2. The van der Waals surface area contributed by atoms with Crippen molar-refractivity contribution in [1.82, 2.24) is 9.80 Å². The predicted molar refractivity (Wildman–Crippen MR) is 156 cm³/mol. The molecule has 0 bridgehead atoms. The topological polar surface area (TPSA) is 39.3 Å². The number of benzene rings is 3. The average molecular weight is 509 g/mol. The van der Waals surface area contributed by atoms with Crippen molar-refractivity contribution in [2.45, 2.75) is 5.54 Å². The third kappa shape index (κ3) is 3.96. The zero-order valence-electron chi connectivity index (χ0n) is 22.8. The number of hydrogen-bond donors (Lipinski definition) is 0. The first-order valence-electron chi connectivity index (χ1n) is 13.0. The Morgan fingerprint density at radius 3 is 1.89 bits per heavy atom. The third-order valence-corrected chi connectivity index (χ3v) is 7.57. The minimum absolute atomic E-state index is 0.0323. The van der Waals surface area contributed by atoms with Crippen LogP contribution in [0.2, 0.25) is 0 Å². The van der Waals surface area contributed by atoms with E-state index in [1.807, 2.05) is 63.4 Å². The van der Waals surface area contributed by atoms with E-state index in [2.05, 4.69) is 70.3 Å². The second-order valence-corrected chi connectivity index (χ2v) is 10.3. The lowest BCUT2D eigenvalue weighted by atomic mass is 9.74. The first-order valence-corrected chi connectivity index (χ1v) is 13.0. The Morgan fingerprint density at radius 1 is 0.816 bits per heavy atom. The highest BCUT2D eigenvalue weighted by molar-refractivity contribution is 6.02. The van der Waals surface area contributed by atoms with Crippen molar-refractivity contribution in [3.05, 3.63) is 108 Å². The van der Waals surface area contributed by atoms with Gasteiger partial charge in [0, 0.05) is 94.6 Å². The second-order valence-electron chi connectivity index (χ2n) is 10.3. The molecule has 2 heterocycles. The van der Waals surface area contributed by atoms with E-state index in [9.17, 15) is 4.79 Å². The lowest BCUT2D eigenvalue weighted by Gasteiger charge is -2.45. The standard InChI is InChI=1S/C32H36N4O2/c1-7-17-35(18-8-2)19-20-36-31(37)25-11-9-10-12-26(25)32(36)27-15-13-23(33(3)4)21-29(27)38-30-22-24(34(5)6)14-16-28(30)32/h7-16,21-22H,1-2,17-20H2,3-6H3. The highest BCUT2D eigenvalue weighted by Crippen LogP contribution is 2.58. The Kier molecular flexibility index (Phi) is 6.76. The summed E-state index contributed by atoms with van der Waals surface area (Å²) in [5, 5.41) is 0. The number of rotatable bonds is 9. The van der Waals surface area contributed by atoms with Gasteiger partial charge in [0.25, 0.3) is 5.91 Å². The molecule has 0 N–H and O–H groups in total. The van der Waals surface area contributed by atoms with Crippen LogP contribution in [0.1, 0.15) is 27.0 Å². The minimum Gasteiger partial charge on any atom is -0.456 e. The molecule has 0 atom stereocenters. The molecule has 2 aliphatic heterocycles. The molecule has 0 aromatic heterocycles. The van der Waals surface area contributed by atoms with Gasteiger partial charge in [0.05, 0.1) is 0 Å². The van der Waals surface area contributed by atoms with Crippen molar-refractivity contribution in [2.75, 3.05) is 64.2 Å². The maximum atomic E-state index is 14.2. The van der Waals surface area contributed by atoms with E-state index in [4.69, 9.17) is 4.74 Å². The summed E-state index contributed by atoms with van der Waals surface area (Å²) in [5.74, 6) is 1.57. The molecule has 6 nitrogen and oxygen atoms in total. The number of ether oxygens (including phenoxy) is 1. The van der Waals surface area contributed by atoms with Crippen LogP contribution in [-0.4, -0.2) is 70.1 Å². The van der Waals surface area contributed by atoms with Gasteiger partial charge in [0.15, 0.2) is 0 Å². The Balaban J connectivity index is 1.76. The van der Waals surface area contributed by atoms with Crippen LogP contribution in [0.5, 0.6) is 11.5 Å². The summed E-state index contributed by atoms with van der Waals surface area (Å²) in [6.07, 6.45) is 3.79. The molecule has 3 aromatic carbocycles. The zero-order chi connectivity index (χ0) is 27.0. The molecule has 38 heavy (non-hydrogen) atoms. The summed E-state index contributed by atoms with van der Waals surface area (Å²) in [4.78, 5) is 22.6. The monoisotopic (exact) mass is 508 g/mol. The van der Waals surface area contributed by atoms with Crippen molar-refractivity contribution < 1.29 is 9.53 Å². The molecule has 0 saturated heterocycles. The molecule has 196 valence electrons. The van der Waals surface area contributed by atoms with Gasteiger partial charge in [0.1, 0.15) is 17.0 Å². The smallest absolute Gasteiger partial charge is 0.255 e. The van der Waals surface area contributed by atoms with Crippen LogP contribution in [0, 0.1) is 0 Å². The van der Waals surface area contributed by atoms with Gasteiger partial charge in [-0.05, 0) is 23.8 Å². The summed E-state index contributed by atoms with van der Waals surface area (Å²) in [5.41, 5.74) is 4.96. The maximum Gasteiger partial charge on any atom is 0.255 e. The van der Waals surface area contributed by atoms with Gasteiger partial charge < -0.3 is 19.4 Å². The zero-order valence-corrected chi connectivity index (χ0v) is 22.8. The van der Waals surface area contributed by atoms with Gasteiger partial charge >= 0.3 is 0 Å². The van der Waals surface area contributed by atoms with E-state index in [0.29, 0.717) is 13.1 Å². The SMILES string of the molecule is C=CCN(CC=C)CCN1C(=O)c2ccccc2C12c1ccc(N(C)C)cc1Oc1cc(N(C)C)ccc12. The molecule has 0 fully saturated rings. The Hall–Kier alpha value is -4.03. The molecule has 3 aromatic rings. The summed E-state index contributed by atoms with van der Waals surface area (Å²) in [7, 11) is 8.08.